The zero-order valence-corrected chi connectivity index (χ0v) is 14.9. The van der Waals surface area contributed by atoms with E-state index in [1.165, 1.54) is 5.56 Å². The minimum atomic E-state index is -0.793. The Hall–Kier alpha value is -2.15. The van der Waals surface area contributed by atoms with Crippen LogP contribution in [0.2, 0.25) is 0 Å². The summed E-state index contributed by atoms with van der Waals surface area (Å²) in [5, 5.41) is 15.2. The van der Waals surface area contributed by atoms with Crippen LogP contribution in [0.15, 0.2) is 12.1 Å². The first-order chi connectivity index (χ1) is 12.6. The third-order valence-corrected chi connectivity index (χ3v) is 5.79. The Balaban J connectivity index is 1.16. The fourth-order valence-corrected chi connectivity index (χ4v) is 4.43. The Morgan fingerprint density at radius 3 is 2.88 bits per heavy atom. The van der Waals surface area contributed by atoms with Crippen molar-refractivity contribution in [2.75, 3.05) is 38.0 Å². The number of piperidine rings is 1. The van der Waals surface area contributed by atoms with Gasteiger partial charge in [0.15, 0.2) is 0 Å². The van der Waals surface area contributed by atoms with Gasteiger partial charge >= 0.3 is 5.97 Å². The first-order valence-corrected chi connectivity index (χ1v) is 9.56. The number of carbonyl (C=O) groups excluding carboxylic acids is 1. The van der Waals surface area contributed by atoms with Crippen LogP contribution in [-0.4, -0.2) is 59.6 Å². The number of fused-ring (bicyclic) bond motifs is 2. The fraction of sp³-hybridized carbons (Fsp3) is 0.632. The normalized spacial score (nSPS) is 26.5. The summed E-state index contributed by atoms with van der Waals surface area (Å²) < 4.78 is 0. The molecule has 0 aromatic carbocycles. The first-order valence-electron chi connectivity index (χ1n) is 9.56. The van der Waals surface area contributed by atoms with Gasteiger partial charge in [-0.25, -0.2) is 4.98 Å². The Morgan fingerprint density at radius 1 is 1.31 bits per heavy atom. The average molecular weight is 358 g/mol. The van der Waals surface area contributed by atoms with E-state index in [0.717, 1.165) is 56.8 Å². The SMILES string of the molecule is O=C(O)CN1C[C@@H]2[C@H](C1)[C@@H]2C(=O)NCCCc1ccc2c(n1)NCCC2. The molecule has 2 aliphatic heterocycles. The molecule has 1 amide bonds. The average Bonchev–Trinajstić information content (AvgIpc) is 3.14. The Labute approximate surface area is 153 Å². The van der Waals surface area contributed by atoms with Gasteiger partial charge in [0.25, 0.3) is 0 Å². The summed E-state index contributed by atoms with van der Waals surface area (Å²) in [5.74, 6) is 1.15. The van der Waals surface area contributed by atoms with Crippen molar-refractivity contribution < 1.29 is 14.7 Å². The molecule has 2 fully saturated rings. The second-order valence-corrected chi connectivity index (χ2v) is 7.68. The van der Waals surface area contributed by atoms with Gasteiger partial charge in [0.2, 0.25) is 5.91 Å². The number of aromatic nitrogens is 1. The monoisotopic (exact) mass is 358 g/mol. The molecule has 0 spiro atoms. The Bertz CT molecular complexity index is 696. The zero-order chi connectivity index (χ0) is 18.1. The van der Waals surface area contributed by atoms with Crippen LogP contribution >= 0.6 is 0 Å². The smallest absolute Gasteiger partial charge is 0.317 e. The van der Waals surface area contributed by atoms with E-state index < -0.39 is 5.97 Å². The number of carboxylic acid groups (broad SMARTS) is 1. The lowest BCUT2D eigenvalue weighted by atomic mass is 10.1. The molecule has 1 saturated heterocycles. The molecule has 3 heterocycles. The van der Waals surface area contributed by atoms with Gasteiger partial charge in [0.05, 0.1) is 6.54 Å². The Morgan fingerprint density at radius 2 is 2.12 bits per heavy atom. The van der Waals surface area contributed by atoms with E-state index in [-0.39, 0.29) is 18.4 Å². The maximum atomic E-state index is 12.3. The van der Waals surface area contributed by atoms with Crippen LogP contribution in [0.5, 0.6) is 0 Å². The lowest BCUT2D eigenvalue weighted by molar-refractivity contribution is -0.138. The largest absolute Gasteiger partial charge is 0.480 e. The highest BCUT2D eigenvalue weighted by molar-refractivity contribution is 5.82. The van der Waals surface area contributed by atoms with Crippen LogP contribution in [0.1, 0.15) is 24.1 Å². The van der Waals surface area contributed by atoms with Crippen molar-refractivity contribution in [2.24, 2.45) is 17.8 Å². The Kier molecular flexibility index (Phi) is 4.80. The molecule has 3 atom stereocenters. The molecule has 7 heteroatoms. The van der Waals surface area contributed by atoms with Gasteiger partial charge in [-0.1, -0.05) is 6.07 Å². The third kappa shape index (κ3) is 3.67. The van der Waals surface area contributed by atoms with Crippen LogP contribution in [-0.2, 0) is 22.4 Å². The number of carbonyl (C=O) groups is 2. The summed E-state index contributed by atoms with van der Waals surface area (Å²) in [6.07, 6.45) is 4.00. The number of hydrogen-bond donors (Lipinski definition) is 3. The van der Waals surface area contributed by atoms with Gasteiger partial charge in [0, 0.05) is 37.8 Å². The number of rotatable bonds is 7. The summed E-state index contributed by atoms with van der Waals surface area (Å²) in [6.45, 7) is 3.22. The summed E-state index contributed by atoms with van der Waals surface area (Å²) in [4.78, 5) is 29.6. The van der Waals surface area contributed by atoms with E-state index in [0.29, 0.717) is 18.4 Å². The third-order valence-electron chi connectivity index (χ3n) is 5.79. The lowest BCUT2D eigenvalue weighted by Crippen LogP contribution is -2.34. The highest BCUT2D eigenvalue weighted by Gasteiger charge is 2.59. The van der Waals surface area contributed by atoms with Gasteiger partial charge in [-0.3, -0.25) is 14.5 Å². The molecule has 1 aromatic rings. The molecule has 7 nitrogen and oxygen atoms in total. The van der Waals surface area contributed by atoms with Crippen molar-refractivity contribution in [3.8, 4) is 0 Å². The summed E-state index contributed by atoms with van der Waals surface area (Å²) >= 11 is 0. The number of hydrogen-bond acceptors (Lipinski definition) is 5. The number of carboxylic acids is 1. The zero-order valence-electron chi connectivity index (χ0n) is 14.9. The predicted octanol–water partition coefficient (Wildman–Crippen LogP) is 0.751. The number of anilines is 1. The molecule has 0 radical (unpaired) electrons. The molecule has 0 bridgehead atoms. The second kappa shape index (κ2) is 7.23. The summed E-state index contributed by atoms with van der Waals surface area (Å²) in [7, 11) is 0. The van der Waals surface area contributed by atoms with Gasteiger partial charge in [0.1, 0.15) is 5.82 Å². The molecular formula is C19H26N4O3. The van der Waals surface area contributed by atoms with Crippen LogP contribution in [0.4, 0.5) is 5.82 Å². The minimum Gasteiger partial charge on any atom is -0.480 e. The van der Waals surface area contributed by atoms with Crippen molar-refractivity contribution >= 4 is 17.7 Å². The molecule has 140 valence electrons. The molecule has 1 saturated carbocycles. The number of nitrogens with one attached hydrogen (secondary N) is 2. The van der Waals surface area contributed by atoms with Gasteiger partial charge in [-0.05, 0) is 49.1 Å². The van der Waals surface area contributed by atoms with E-state index in [1.54, 1.807) is 0 Å². The molecule has 3 N–H and O–H groups in total. The molecule has 26 heavy (non-hydrogen) atoms. The van der Waals surface area contributed by atoms with Crippen molar-refractivity contribution in [1.29, 1.82) is 0 Å². The maximum Gasteiger partial charge on any atom is 0.317 e. The number of aliphatic carboxylic acids is 1. The summed E-state index contributed by atoms with van der Waals surface area (Å²) in [5.41, 5.74) is 2.37. The number of nitrogens with zero attached hydrogens (tertiary/aromatic N) is 2. The van der Waals surface area contributed by atoms with Gasteiger partial charge in [-0.2, -0.15) is 0 Å². The number of aryl methyl sites for hydroxylation is 2. The van der Waals surface area contributed by atoms with Crippen LogP contribution in [0, 0.1) is 17.8 Å². The lowest BCUT2D eigenvalue weighted by Gasteiger charge is -2.17. The molecule has 1 aromatic heterocycles. The maximum absolute atomic E-state index is 12.3. The van der Waals surface area contributed by atoms with E-state index in [9.17, 15) is 9.59 Å². The van der Waals surface area contributed by atoms with Gasteiger partial charge in [-0.15, -0.1) is 0 Å². The summed E-state index contributed by atoms with van der Waals surface area (Å²) in [6, 6.07) is 4.26. The minimum absolute atomic E-state index is 0.0873. The molecule has 1 aliphatic carbocycles. The number of likely N-dealkylation sites (tertiary alicyclic amines) is 1. The van der Waals surface area contributed by atoms with E-state index in [2.05, 4.69) is 27.8 Å². The van der Waals surface area contributed by atoms with Crippen molar-refractivity contribution in [1.82, 2.24) is 15.2 Å². The van der Waals surface area contributed by atoms with Crippen molar-refractivity contribution in [3.63, 3.8) is 0 Å². The van der Waals surface area contributed by atoms with E-state index >= 15 is 0 Å². The van der Waals surface area contributed by atoms with Crippen LogP contribution in [0.3, 0.4) is 0 Å². The highest BCUT2D eigenvalue weighted by Crippen LogP contribution is 2.51. The number of pyridine rings is 1. The molecule has 4 rings (SSSR count). The van der Waals surface area contributed by atoms with Gasteiger partial charge < -0.3 is 15.7 Å². The van der Waals surface area contributed by atoms with E-state index in [1.807, 2.05) is 4.90 Å². The van der Waals surface area contributed by atoms with Crippen molar-refractivity contribution in [3.05, 3.63) is 23.4 Å². The number of amides is 1. The first kappa shape index (κ1) is 17.3. The van der Waals surface area contributed by atoms with E-state index in [4.69, 9.17) is 5.11 Å². The molecule has 0 unspecified atom stereocenters. The van der Waals surface area contributed by atoms with Crippen molar-refractivity contribution in [2.45, 2.75) is 25.7 Å². The quantitative estimate of drug-likeness (QED) is 0.623. The second-order valence-electron chi connectivity index (χ2n) is 7.68. The topological polar surface area (TPSA) is 94.6 Å². The predicted molar refractivity (Wildman–Crippen MR) is 96.9 cm³/mol. The van der Waals surface area contributed by atoms with Crippen LogP contribution < -0.4 is 10.6 Å². The highest BCUT2D eigenvalue weighted by atomic mass is 16.4. The fourth-order valence-electron chi connectivity index (χ4n) is 4.43. The molecule has 3 aliphatic rings. The van der Waals surface area contributed by atoms with Crippen LogP contribution in [0.25, 0.3) is 0 Å². The molecular weight excluding hydrogens is 332 g/mol. The standard InChI is InChI=1S/C19H26N4O3/c24-16(25)11-23-9-14-15(10-23)17(14)19(26)21-8-2-4-13-6-5-12-3-1-7-20-18(12)22-13/h5-6,14-15,17H,1-4,7-11H2,(H,20,22)(H,21,26)(H,24,25)/t14-,15+,17-.